The maximum absolute atomic E-state index is 13.5. The molecule has 2 aliphatic rings. The average molecular weight is 502 g/mol. The van der Waals surface area contributed by atoms with Crippen molar-refractivity contribution in [2.45, 2.75) is 30.3 Å². The van der Waals surface area contributed by atoms with Gasteiger partial charge in [-0.3, -0.25) is 9.59 Å². The summed E-state index contributed by atoms with van der Waals surface area (Å²) in [6.45, 7) is 0.726. The van der Waals surface area contributed by atoms with E-state index in [1.54, 1.807) is 24.3 Å². The highest BCUT2D eigenvalue weighted by Crippen LogP contribution is 2.34. The number of nitriles is 1. The molecular formula is C27H23N3O5S. The van der Waals surface area contributed by atoms with Gasteiger partial charge in [0.2, 0.25) is 10.0 Å². The normalized spacial score (nSPS) is 17.8. The summed E-state index contributed by atoms with van der Waals surface area (Å²) in [6, 6.07) is 21.9. The Bertz CT molecular complexity index is 1460. The molecule has 182 valence electrons. The van der Waals surface area contributed by atoms with Crippen LogP contribution in [0.1, 0.15) is 34.3 Å². The van der Waals surface area contributed by atoms with Crippen LogP contribution < -0.4 is 9.64 Å². The van der Waals surface area contributed by atoms with Crippen molar-refractivity contribution in [2.24, 2.45) is 0 Å². The molecule has 8 nitrogen and oxygen atoms in total. The molecule has 0 spiro atoms. The van der Waals surface area contributed by atoms with Crippen molar-refractivity contribution in [2.75, 3.05) is 18.1 Å². The highest BCUT2D eigenvalue weighted by molar-refractivity contribution is 7.89. The Morgan fingerprint density at radius 3 is 2.47 bits per heavy atom. The molecule has 0 bridgehead atoms. The average Bonchev–Trinajstić information content (AvgIpc) is 3.48. The third-order valence-electron chi connectivity index (χ3n) is 6.48. The number of anilines is 1. The first kappa shape index (κ1) is 23.7. The van der Waals surface area contributed by atoms with Crippen LogP contribution in [0, 0.1) is 11.3 Å². The molecule has 5 rings (SSSR count). The fraction of sp³-hybridized carbons (Fsp3) is 0.222. The molecule has 3 aromatic carbocycles. The Morgan fingerprint density at radius 1 is 1.00 bits per heavy atom. The van der Waals surface area contributed by atoms with Crippen LogP contribution in [0.4, 0.5) is 5.69 Å². The molecular weight excluding hydrogens is 478 g/mol. The maximum Gasteiger partial charge on any atom is 0.299 e. The lowest BCUT2D eigenvalue weighted by molar-refractivity contribution is -0.114. The Hall–Kier alpha value is -4.00. The van der Waals surface area contributed by atoms with Gasteiger partial charge in [0, 0.05) is 6.54 Å². The predicted molar refractivity (Wildman–Crippen MR) is 132 cm³/mol. The number of hydrogen-bond donors (Lipinski definition) is 0. The zero-order valence-electron chi connectivity index (χ0n) is 19.3. The number of sulfonamides is 1. The van der Waals surface area contributed by atoms with E-state index in [9.17, 15) is 18.0 Å². The molecule has 3 aromatic rings. The van der Waals surface area contributed by atoms with E-state index in [4.69, 9.17) is 10.00 Å². The summed E-state index contributed by atoms with van der Waals surface area (Å²) >= 11 is 0. The van der Waals surface area contributed by atoms with Crippen molar-refractivity contribution in [3.63, 3.8) is 0 Å². The van der Waals surface area contributed by atoms with E-state index in [2.05, 4.69) is 0 Å². The minimum absolute atomic E-state index is 0.0192. The van der Waals surface area contributed by atoms with Crippen molar-refractivity contribution in [3.05, 3.63) is 89.5 Å². The van der Waals surface area contributed by atoms with Crippen molar-refractivity contribution in [1.29, 1.82) is 5.26 Å². The number of amides is 1. The summed E-state index contributed by atoms with van der Waals surface area (Å²) in [4.78, 5) is 26.8. The lowest BCUT2D eigenvalue weighted by Crippen LogP contribution is -2.39. The molecule has 1 fully saturated rings. The van der Waals surface area contributed by atoms with Crippen LogP contribution in [0.25, 0.3) is 0 Å². The molecule has 0 saturated carbocycles. The molecule has 36 heavy (non-hydrogen) atoms. The number of ether oxygens (including phenoxy) is 1. The summed E-state index contributed by atoms with van der Waals surface area (Å²) in [5.41, 5.74) is 1.69. The van der Waals surface area contributed by atoms with Gasteiger partial charge in [0.05, 0.1) is 40.4 Å². The number of fused-ring (bicyclic) bond motifs is 1. The van der Waals surface area contributed by atoms with Gasteiger partial charge in [0.1, 0.15) is 12.4 Å². The summed E-state index contributed by atoms with van der Waals surface area (Å²) < 4.78 is 34.3. The topological polar surface area (TPSA) is 108 Å². The first-order valence-corrected chi connectivity index (χ1v) is 13.0. The van der Waals surface area contributed by atoms with E-state index in [1.165, 1.54) is 27.4 Å². The smallest absolute Gasteiger partial charge is 0.299 e. The lowest BCUT2D eigenvalue weighted by atomic mass is 10.1. The van der Waals surface area contributed by atoms with Gasteiger partial charge in [-0.15, -0.1) is 0 Å². The van der Waals surface area contributed by atoms with Crippen LogP contribution in [-0.4, -0.2) is 43.6 Å². The largest absolute Gasteiger partial charge is 0.492 e. The van der Waals surface area contributed by atoms with Gasteiger partial charge in [-0.25, -0.2) is 8.42 Å². The second kappa shape index (κ2) is 9.57. The summed E-state index contributed by atoms with van der Waals surface area (Å²) in [6.07, 6.45) is 1.38. The lowest BCUT2D eigenvalue weighted by Gasteiger charge is -2.24. The molecule has 0 aliphatic carbocycles. The van der Waals surface area contributed by atoms with Crippen LogP contribution in [-0.2, 0) is 21.4 Å². The van der Waals surface area contributed by atoms with Crippen LogP contribution in [0.2, 0.25) is 0 Å². The zero-order valence-corrected chi connectivity index (χ0v) is 20.1. The van der Waals surface area contributed by atoms with Gasteiger partial charge in [-0.1, -0.05) is 30.3 Å². The van der Waals surface area contributed by atoms with Gasteiger partial charge in [0.25, 0.3) is 11.7 Å². The molecule has 2 aliphatic heterocycles. The third kappa shape index (κ3) is 4.37. The second-order valence-corrected chi connectivity index (χ2v) is 10.6. The number of ketones is 1. The van der Waals surface area contributed by atoms with Gasteiger partial charge in [0.15, 0.2) is 0 Å². The molecule has 0 radical (unpaired) electrons. The molecule has 1 saturated heterocycles. The van der Waals surface area contributed by atoms with E-state index < -0.39 is 21.7 Å². The fourth-order valence-corrected chi connectivity index (χ4v) is 6.31. The SMILES string of the molecule is N#Cc1ccc(CN2C(=O)C(=O)c3cc(S(=O)(=O)N4CCC[C@H]4COc4ccccc4)ccc32)cc1. The van der Waals surface area contributed by atoms with Gasteiger partial charge < -0.3 is 9.64 Å². The van der Waals surface area contributed by atoms with E-state index in [-0.39, 0.29) is 29.7 Å². The quantitative estimate of drug-likeness (QED) is 0.459. The number of benzene rings is 3. The highest BCUT2D eigenvalue weighted by atomic mass is 32.2. The zero-order chi connectivity index (χ0) is 25.3. The number of carbonyl (C=O) groups excluding carboxylic acids is 2. The monoisotopic (exact) mass is 501 g/mol. The van der Waals surface area contributed by atoms with Crippen molar-refractivity contribution >= 4 is 27.4 Å². The van der Waals surface area contributed by atoms with Crippen LogP contribution >= 0.6 is 0 Å². The number of para-hydroxylation sites is 1. The summed E-state index contributed by atoms with van der Waals surface area (Å²) in [5, 5.41) is 8.97. The molecule has 0 unspecified atom stereocenters. The standard InChI is InChI=1S/C27H23N3O5S/c28-16-19-8-10-20(11-9-19)17-29-25-13-12-23(15-24(25)26(31)27(29)32)36(33,34)30-14-4-5-21(30)18-35-22-6-2-1-3-7-22/h1-3,6-13,15,21H,4-5,14,17-18H2/t21-/m0/s1. The summed E-state index contributed by atoms with van der Waals surface area (Å²) in [7, 11) is -3.90. The summed E-state index contributed by atoms with van der Waals surface area (Å²) in [5.74, 6) is -0.772. The van der Waals surface area contributed by atoms with Crippen molar-refractivity contribution in [1.82, 2.24) is 4.31 Å². The van der Waals surface area contributed by atoms with Crippen LogP contribution in [0.5, 0.6) is 5.75 Å². The Balaban J connectivity index is 1.37. The first-order valence-electron chi connectivity index (χ1n) is 11.6. The molecule has 1 atom stereocenters. The molecule has 1 amide bonds. The van der Waals surface area contributed by atoms with Crippen LogP contribution in [0.3, 0.4) is 0 Å². The van der Waals surface area contributed by atoms with Gasteiger partial charge >= 0.3 is 0 Å². The Labute approximate surface area is 209 Å². The minimum atomic E-state index is -3.90. The van der Waals surface area contributed by atoms with E-state index in [0.717, 1.165) is 5.56 Å². The number of nitrogens with zero attached hydrogens (tertiary/aromatic N) is 3. The van der Waals surface area contributed by atoms with E-state index in [0.29, 0.717) is 36.4 Å². The Kier molecular flexibility index (Phi) is 6.31. The molecule has 0 N–H and O–H groups in total. The molecule has 2 heterocycles. The molecule has 9 heteroatoms. The molecule has 0 aromatic heterocycles. The number of rotatable bonds is 7. The third-order valence-corrected chi connectivity index (χ3v) is 8.43. The number of hydrogen-bond acceptors (Lipinski definition) is 6. The van der Waals surface area contributed by atoms with Crippen molar-refractivity contribution in [3.8, 4) is 11.8 Å². The fourth-order valence-electron chi connectivity index (χ4n) is 4.60. The van der Waals surface area contributed by atoms with Gasteiger partial charge in [-0.05, 0) is 60.9 Å². The number of carbonyl (C=O) groups is 2. The second-order valence-electron chi connectivity index (χ2n) is 8.74. The first-order chi connectivity index (χ1) is 17.4. The Morgan fingerprint density at radius 2 is 1.75 bits per heavy atom. The van der Waals surface area contributed by atoms with Crippen molar-refractivity contribution < 1.29 is 22.7 Å². The predicted octanol–water partition coefficient (Wildman–Crippen LogP) is 3.52. The van der Waals surface area contributed by atoms with E-state index >= 15 is 0 Å². The van der Waals surface area contributed by atoms with Crippen LogP contribution in [0.15, 0.2) is 77.7 Å². The number of Topliss-reactive ketones (excluding diaryl/α,β-unsaturated/α-hetero) is 1. The van der Waals surface area contributed by atoms with E-state index in [1.807, 2.05) is 36.4 Å². The minimum Gasteiger partial charge on any atom is -0.492 e. The van der Waals surface area contributed by atoms with Gasteiger partial charge in [-0.2, -0.15) is 9.57 Å². The highest BCUT2D eigenvalue weighted by Gasteiger charge is 2.40. The maximum atomic E-state index is 13.5.